The maximum Gasteiger partial charge on any atom is 0.263 e. The molecule has 0 bridgehead atoms. The second kappa shape index (κ2) is 6.92. The zero-order valence-corrected chi connectivity index (χ0v) is 12.1. The van der Waals surface area contributed by atoms with Crippen LogP contribution >= 0.6 is 11.3 Å². The first kappa shape index (κ1) is 15.1. The number of thiophene rings is 1. The highest BCUT2D eigenvalue weighted by molar-refractivity contribution is 7.07. The zero-order valence-electron chi connectivity index (χ0n) is 11.3. The monoisotopic (exact) mass is 296 g/mol. The van der Waals surface area contributed by atoms with Gasteiger partial charge >= 0.3 is 0 Å². The number of alkyl halides is 2. The van der Waals surface area contributed by atoms with Crippen LogP contribution in [0, 0.1) is 0 Å². The fourth-order valence-corrected chi connectivity index (χ4v) is 2.87. The lowest BCUT2D eigenvalue weighted by Crippen LogP contribution is -2.30. The number of nitrogens with zero attached hydrogens (tertiary/aromatic N) is 1. The number of likely N-dealkylation sites (N-methyl/N-ethyl adjacent to an activating group) is 1. The first-order chi connectivity index (χ1) is 9.61. The largest absolute Gasteiger partial charge is 0.329 e. The molecule has 0 radical (unpaired) electrons. The Morgan fingerprint density at radius 3 is 2.30 bits per heavy atom. The molecule has 0 aliphatic heterocycles. The molecule has 1 unspecified atom stereocenters. The molecule has 0 aliphatic rings. The molecule has 5 heteroatoms. The van der Waals surface area contributed by atoms with Gasteiger partial charge in [-0.25, -0.2) is 8.78 Å². The van der Waals surface area contributed by atoms with E-state index in [9.17, 15) is 8.78 Å². The molecule has 108 valence electrons. The summed E-state index contributed by atoms with van der Waals surface area (Å²) in [6.07, 6.45) is -2.43. The van der Waals surface area contributed by atoms with Gasteiger partial charge in [0.15, 0.2) is 0 Å². The van der Waals surface area contributed by atoms with Crippen molar-refractivity contribution in [1.29, 1.82) is 0 Å². The minimum absolute atomic E-state index is 0.0293. The number of hydrogen-bond acceptors (Lipinski definition) is 3. The molecule has 2 aromatic rings. The maximum atomic E-state index is 12.6. The van der Waals surface area contributed by atoms with Crippen LogP contribution in [0.5, 0.6) is 0 Å². The molecule has 1 atom stereocenters. The van der Waals surface area contributed by atoms with E-state index >= 15 is 0 Å². The van der Waals surface area contributed by atoms with Crippen LogP contribution in [0.25, 0.3) is 0 Å². The molecule has 0 saturated heterocycles. The van der Waals surface area contributed by atoms with E-state index in [0.29, 0.717) is 6.54 Å². The molecule has 2 N–H and O–H groups in total. The summed E-state index contributed by atoms with van der Waals surface area (Å²) in [6.45, 7) is 1.25. The van der Waals surface area contributed by atoms with E-state index in [-0.39, 0.29) is 11.6 Å². The molecule has 1 aromatic carbocycles. The molecule has 1 heterocycles. The van der Waals surface area contributed by atoms with Gasteiger partial charge in [-0.3, -0.25) is 4.90 Å². The van der Waals surface area contributed by atoms with Crippen molar-refractivity contribution in [2.24, 2.45) is 5.73 Å². The van der Waals surface area contributed by atoms with Gasteiger partial charge in [-0.1, -0.05) is 24.3 Å². The van der Waals surface area contributed by atoms with Crippen molar-refractivity contribution in [1.82, 2.24) is 4.90 Å². The molecule has 0 aliphatic carbocycles. The second-order valence-electron chi connectivity index (χ2n) is 4.77. The number of benzene rings is 1. The number of hydrogen-bond donors (Lipinski definition) is 1. The summed E-state index contributed by atoms with van der Waals surface area (Å²) in [7, 11) is 2.00. The molecule has 20 heavy (non-hydrogen) atoms. The molecule has 0 saturated carbocycles. The van der Waals surface area contributed by atoms with Crippen LogP contribution in [0.1, 0.15) is 29.2 Å². The third kappa shape index (κ3) is 3.62. The summed E-state index contributed by atoms with van der Waals surface area (Å²) in [5.41, 5.74) is 8.10. The number of nitrogens with two attached hydrogens (primary N) is 1. The van der Waals surface area contributed by atoms with Crippen LogP contribution in [0.4, 0.5) is 8.78 Å². The molecule has 2 nitrogen and oxygen atoms in total. The van der Waals surface area contributed by atoms with E-state index < -0.39 is 6.43 Å². The fourth-order valence-electron chi connectivity index (χ4n) is 2.21. The van der Waals surface area contributed by atoms with Crippen molar-refractivity contribution in [3.05, 3.63) is 57.8 Å². The molecule has 1 aromatic heterocycles. The lowest BCUT2D eigenvalue weighted by atomic mass is 10.0. The van der Waals surface area contributed by atoms with Gasteiger partial charge in [0.25, 0.3) is 6.43 Å². The summed E-state index contributed by atoms with van der Waals surface area (Å²) in [4.78, 5) is 2.14. The SMILES string of the molecule is CN(Cc1ccsc1)C(CN)c1ccc(C(F)F)cc1. The minimum Gasteiger partial charge on any atom is -0.329 e. The van der Waals surface area contributed by atoms with Crippen LogP contribution in [0.15, 0.2) is 41.1 Å². The molecule has 0 fully saturated rings. The van der Waals surface area contributed by atoms with Crippen molar-refractivity contribution in [2.75, 3.05) is 13.6 Å². The van der Waals surface area contributed by atoms with Crippen LogP contribution in [-0.4, -0.2) is 18.5 Å². The third-order valence-corrected chi connectivity index (χ3v) is 4.07. The highest BCUT2D eigenvalue weighted by atomic mass is 32.1. The van der Waals surface area contributed by atoms with Gasteiger partial charge < -0.3 is 5.73 Å². The zero-order chi connectivity index (χ0) is 14.5. The quantitative estimate of drug-likeness (QED) is 0.878. The van der Waals surface area contributed by atoms with Crippen LogP contribution in [-0.2, 0) is 6.54 Å². The first-order valence-electron chi connectivity index (χ1n) is 6.41. The van der Waals surface area contributed by atoms with E-state index in [4.69, 9.17) is 5.73 Å². The van der Waals surface area contributed by atoms with E-state index in [1.54, 1.807) is 23.5 Å². The lowest BCUT2D eigenvalue weighted by molar-refractivity contribution is 0.151. The minimum atomic E-state index is -2.43. The topological polar surface area (TPSA) is 29.3 Å². The third-order valence-electron chi connectivity index (χ3n) is 3.34. The van der Waals surface area contributed by atoms with Crippen molar-refractivity contribution < 1.29 is 8.78 Å². The Kier molecular flexibility index (Phi) is 5.23. The summed E-state index contributed by atoms with van der Waals surface area (Å²) in [6, 6.07) is 8.53. The highest BCUT2D eigenvalue weighted by Crippen LogP contribution is 2.24. The Labute approximate surface area is 121 Å². The fraction of sp³-hybridized carbons (Fsp3) is 0.333. The van der Waals surface area contributed by atoms with Crippen LogP contribution in [0.2, 0.25) is 0 Å². The van der Waals surface area contributed by atoms with Crippen molar-refractivity contribution in [3.63, 3.8) is 0 Å². The van der Waals surface area contributed by atoms with Gasteiger partial charge in [-0.15, -0.1) is 0 Å². The van der Waals surface area contributed by atoms with Crippen molar-refractivity contribution in [3.8, 4) is 0 Å². The van der Waals surface area contributed by atoms with Gasteiger partial charge in [0, 0.05) is 24.7 Å². The summed E-state index contributed by atoms with van der Waals surface area (Å²) >= 11 is 1.66. The number of halogens is 2. The Morgan fingerprint density at radius 2 is 1.80 bits per heavy atom. The Bertz CT molecular complexity index is 511. The summed E-state index contributed by atoms with van der Waals surface area (Å²) < 4.78 is 25.1. The molecular weight excluding hydrogens is 278 g/mol. The smallest absolute Gasteiger partial charge is 0.263 e. The lowest BCUT2D eigenvalue weighted by Gasteiger charge is -2.27. The maximum absolute atomic E-state index is 12.6. The van der Waals surface area contributed by atoms with Gasteiger partial charge in [0.05, 0.1) is 0 Å². The highest BCUT2D eigenvalue weighted by Gasteiger charge is 2.16. The van der Waals surface area contributed by atoms with Crippen molar-refractivity contribution >= 4 is 11.3 Å². The average molecular weight is 296 g/mol. The van der Waals surface area contributed by atoms with E-state index in [1.807, 2.05) is 12.4 Å². The Morgan fingerprint density at radius 1 is 1.15 bits per heavy atom. The molecule has 0 spiro atoms. The average Bonchev–Trinajstić information content (AvgIpc) is 2.93. The summed E-state index contributed by atoms with van der Waals surface area (Å²) in [5.74, 6) is 0. The Hall–Kier alpha value is -1.30. The molecule has 0 amide bonds. The molecular formula is C15H18F2N2S. The summed E-state index contributed by atoms with van der Waals surface area (Å²) in [5, 5.41) is 4.14. The van der Waals surface area contributed by atoms with Gasteiger partial charge in [-0.05, 0) is 35.0 Å². The Balaban J connectivity index is 2.10. The van der Waals surface area contributed by atoms with Crippen molar-refractivity contribution in [2.45, 2.75) is 19.0 Å². The predicted molar refractivity (Wildman–Crippen MR) is 79.0 cm³/mol. The van der Waals surface area contributed by atoms with Gasteiger partial charge in [0.2, 0.25) is 0 Å². The van der Waals surface area contributed by atoms with Gasteiger partial charge in [-0.2, -0.15) is 11.3 Å². The normalized spacial score (nSPS) is 13.1. The van der Waals surface area contributed by atoms with E-state index in [0.717, 1.165) is 12.1 Å². The number of rotatable bonds is 6. The first-order valence-corrected chi connectivity index (χ1v) is 7.35. The predicted octanol–water partition coefficient (Wildman–Crippen LogP) is 3.82. The molecule has 2 rings (SSSR count). The van der Waals surface area contributed by atoms with E-state index in [1.165, 1.54) is 17.7 Å². The van der Waals surface area contributed by atoms with Gasteiger partial charge in [0.1, 0.15) is 0 Å². The standard InChI is InChI=1S/C15H18F2N2S/c1-19(9-11-6-7-20-10-11)14(8-18)12-2-4-13(5-3-12)15(16)17/h2-7,10,14-15H,8-9,18H2,1H3. The van der Waals surface area contributed by atoms with E-state index in [2.05, 4.69) is 16.3 Å². The van der Waals surface area contributed by atoms with Crippen LogP contribution in [0.3, 0.4) is 0 Å². The second-order valence-corrected chi connectivity index (χ2v) is 5.55. The van der Waals surface area contributed by atoms with Crippen LogP contribution < -0.4 is 5.73 Å².